The number of fused-ring (bicyclic) bond motifs is 1. The minimum atomic E-state index is -0.885. The Morgan fingerprint density at radius 1 is 1.36 bits per heavy atom. The van der Waals surface area contributed by atoms with Crippen molar-refractivity contribution >= 4 is 33.4 Å². The van der Waals surface area contributed by atoms with Gasteiger partial charge in [-0.05, 0) is 43.3 Å². The van der Waals surface area contributed by atoms with E-state index in [1.807, 2.05) is 43.3 Å². The number of ketones is 1. The van der Waals surface area contributed by atoms with Crippen molar-refractivity contribution in [3.8, 4) is 6.07 Å². The molecule has 0 spiro atoms. The van der Waals surface area contributed by atoms with Crippen LogP contribution in [0.3, 0.4) is 0 Å². The fraction of sp³-hybridized carbons (Fsp3) is 0.118. The smallest absolute Gasteiger partial charge is 0.179 e. The monoisotopic (exact) mass is 308 g/mol. The number of hydrogen-bond donors (Lipinski definition) is 0. The molecule has 0 aliphatic rings. The maximum atomic E-state index is 12.2. The number of para-hydroxylation sites is 1. The fourth-order valence-electron chi connectivity index (χ4n) is 2.06. The van der Waals surface area contributed by atoms with Gasteiger partial charge in [-0.15, -0.1) is 11.3 Å². The van der Waals surface area contributed by atoms with Gasteiger partial charge in [-0.25, -0.2) is 4.98 Å². The first-order chi connectivity index (χ1) is 10.7. The molecule has 0 unspecified atom stereocenters. The third kappa shape index (κ3) is 2.83. The lowest BCUT2D eigenvalue weighted by Crippen LogP contribution is -2.07. The van der Waals surface area contributed by atoms with E-state index in [-0.39, 0.29) is 5.78 Å². The summed E-state index contributed by atoms with van der Waals surface area (Å²) in [6.07, 6.45) is 2.95. The van der Waals surface area contributed by atoms with Crippen LogP contribution in [0, 0.1) is 18.3 Å². The van der Waals surface area contributed by atoms with E-state index < -0.39 is 5.92 Å². The van der Waals surface area contributed by atoms with E-state index >= 15 is 0 Å². The number of carbonyl (C=O) groups is 1. The minimum absolute atomic E-state index is 0.296. The zero-order valence-corrected chi connectivity index (χ0v) is 12.6. The van der Waals surface area contributed by atoms with Gasteiger partial charge in [-0.2, -0.15) is 5.26 Å². The molecule has 0 N–H and O–H groups in total. The first-order valence-corrected chi connectivity index (χ1v) is 7.52. The van der Waals surface area contributed by atoms with Crippen LogP contribution in [0.4, 0.5) is 0 Å². The number of thiazole rings is 1. The number of allylic oxidation sites excluding steroid dienone is 1. The number of aryl methyl sites for hydroxylation is 1. The van der Waals surface area contributed by atoms with Crippen molar-refractivity contribution < 1.29 is 9.21 Å². The van der Waals surface area contributed by atoms with Gasteiger partial charge in [0.1, 0.15) is 16.5 Å². The first-order valence-electron chi connectivity index (χ1n) is 6.71. The summed E-state index contributed by atoms with van der Waals surface area (Å²) in [7, 11) is 0. The van der Waals surface area contributed by atoms with Crippen LogP contribution in [0.15, 0.2) is 46.9 Å². The standard InChI is InChI=1S/C17H12N2O2S/c1-11-6-7-12(21-11)8-9-15(20)13(10-18)17-19-14-4-2-3-5-16(14)22-17/h2-9,13H,1H3/b9-8+/t13-/m0/s1. The second-order valence-electron chi connectivity index (χ2n) is 4.77. The van der Waals surface area contributed by atoms with Crippen molar-refractivity contribution in [2.45, 2.75) is 12.8 Å². The van der Waals surface area contributed by atoms with Crippen LogP contribution >= 0.6 is 11.3 Å². The fourth-order valence-corrected chi connectivity index (χ4v) is 3.08. The average Bonchev–Trinajstić information content (AvgIpc) is 3.11. The predicted molar refractivity (Wildman–Crippen MR) is 85.5 cm³/mol. The Labute approximate surface area is 131 Å². The van der Waals surface area contributed by atoms with Gasteiger partial charge in [0, 0.05) is 0 Å². The van der Waals surface area contributed by atoms with E-state index in [9.17, 15) is 10.1 Å². The van der Waals surface area contributed by atoms with Crippen molar-refractivity contribution in [1.82, 2.24) is 4.98 Å². The Balaban J connectivity index is 1.85. The summed E-state index contributed by atoms with van der Waals surface area (Å²) < 4.78 is 6.33. The maximum Gasteiger partial charge on any atom is 0.179 e. The van der Waals surface area contributed by atoms with Crippen molar-refractivity contribution in [2.75, 3.05) is 0 Å². The van der Waals surface area contributed by atoms with E-state index in [1.54, 1.807) is 12.1 Å². The summed E-state index contributed by atoms with van der Waals surface area (Å²) in [5.74, 6) is 0.183. The van der Waals surface area contributed by atoms with Gasteiger partial charge in [0.25, 0.3) is 0 Å². The number of aromatic nitrogens is 1. The Kier molecular flexibility index (Phi) is 3.86. The Morgan fingerprint density at radius 3 is 2.86 bits per heavy atom. The van der Waals surface area contributed by atoms with Gasteiger partial charge in [0.2, 0.25) is 0 Å². The summed E-state index contributed by atoms with van der Waals surface area (Å²) in [5.41, 5.74) is 0.807. The van der Waals surface area contributed by atoms with Gasteiger partial charge in [0.15, 0.2) is 11.7 Å². The van der Waals surface area contributed by atoms with Crippen molar-refractivity contribution in [2.24, 2.45) is 0 Å². The first kappa shape index (κ1) is 14.2. The number of carbonyl (C=O) groups excluding carboxylic acids is 1. The summed E-state index contributed by atoms with van der Waals surface area (Å²) in [4.78, 5) is 16.6. The van der Waals surface area contributed by atoms with Gasteiger partial charge in [0.05, 0.1) is 16.3 Å². The summed E-state index contributed by atoms with van der Waals surface area (Å²) in [5, 5.41) is 9.84. The molecule has 5 heteroatoms. The van der Waals surface area contributed by atoms with Crippen LogP contribution in [0.25, 0.3) is 16.3 Å². The van der Waals surface area contributed by atoms with Crippen LogP contribution in [0.2, 0.25) is 0 Å². The molecule has 0 radical (unpaired) electrons. The normalized spacial score (nSPS) is 12.5. The quantitative estimate of drug-likeness (QED) is 0.681. The van der Waals surface area contributed by atoms with Crippen LogP contribution in [0.5, 0.6) is 0 Å². The maximum absolute atomic E-state index is 12.2. The number of nitrogens with zero attached hydrogens (tertiary/aromatic N) is 2. The molecule has 3 rings (SSSR count). The third-order valence-corrected chi connectivity index (χ3v) is 4.25. The SMILES string of the molecule is Cc1ccc(/C=C/C(=O)[C@H](C#N)c2nc3ccccc3s2)o1. The summed E-state index contributed by atoms with van der Waals surface area (Å²) >= 11 is 1.37. The topological polar surface area (TPSA) is 66.9 Å². The van der Waals surface area contributed by atoms with E-state index in [1.165, 1.54) is 17.4 Å². The lowest BCUT2D eigenvalue weighted by molar-refractivity contribution is -0.114. The van der Waals surface area contributed by atoms with E-state index in [2.05, 4.69) is 4.98 Å². The molecular weight excluding hydrogens is 296 g/mol. The number of nitriles is 1. The van der Waals surface area contributed by atoms with E-state index in [0.717, 1.165) is 16.0 Å². The lowest BCUT2D eigenvalue weighted by atomic mass is 10.1. The molecule has 2 heterocycles. The van der Waals surface area contributed by atoms with Gasteiger partial charge in [-0.1, -0.05) is 12.1 Å². The van der Waals surface area contributed by atoms with Crippen LogP contribution in [-0.2, 0) is 4.79 Å². The molecule has 0 aliphatic heterocycles. The molecule has 1 aromatic carbocycles. The molecular formula is C17H12N2O2S. The Bertz CT molecular complexity index is 866. The van der Waals surface area contributed by atoms with E-state index in [4.69, 9.17) is 4.42 Å². The summed E-state index contributed by atoms with van der Waals surface area (Å²) in [6.45, 7) is 1.83. The Hall–Kier alpha value is -2.71. The van der Waals surface area contributed by atoms with Crippen molar-refractivity contribution in [3.05, 3.63) is 59.0 Å². The molecule has 22 heavy (non-hydrogen) atoms. The predicted octanol–water partition coefficient (Wildman–Crippen LogP) is 4.09. The zero-order valence-electron chi connectivity index (χ0n) is 11.8. The highest BCUT2D eigenvalue weighted by Gasteiger charge is 2.22. The Morgan fingerprint density at radius 2 is 2.18 bits per heavy atom. The molecule has 0 amide bonds. The highest BCUT2D eigenvalue weighted by Crippen LogP contribution is 2.28. The van der Waals surface area contributed by atoms with E-state index in [0.29, 0.717) is 10.8 Å². The van der Waals surface area contributed by atoms with Crippen LogP contribution in [0.1, 0.15) is 22.4 Å². The molecule has 4 nitrogen and oxygen atoms in total. The molecule has 108 valence electrons. The van der Waals surface area contributed by atoms with Crippen molar-refractivity contribution in [1.29, 1.82) is 5.26 Å². The third-order valence-electron chi connectivity index (χ3n) is 3.14. The van der Waals surface area contributed by atoms with Gasteiger partial charge >= 0.3 is 0 Å². The molecule has 0 saturated heterocycles. The lowest BCUT2D eigenvalue weighted by Gasteiger charge is -1.99. The highest BCUT2D eigenvalue weighted by molar-refractivity contribution is 7.18. The van der Waals surface area contributed by atoms with Gasteiger partial charge < -0.3 is 4.42 Å². The molecule has 0 bridgehead atoms. The number of hydrogen-bond acceptors (Lipinski definition) is 5. The number of rotatable bonds is 4. The highest BCUT2D eigenvalue weighted by atomic mass is 32.1. The largest absolute Gasteiger partial charge is 0.462 e. The minimum Gasteiger partial charge on any atom is -0.462 e. The second kappa shape index (κ2) is 5.96. The molecule has 1 atom stereocenters. The summed E-state index contributed by atoms with van der Waals surface area (Å²) in [6, 6.07) is 13.2. The molecule has 0 fully saturated rings. The molecule has 3 aromatic rings. The van der Waals surface area contributed by atoms with Crippen molar-refractivity contribution in [3.63, 3.8) is 0 Å². The second-order valence-corrected chi connectivity index (χ2v) is 5.83. The zero-order chi connectivity index (χ0) is 15.5. The molecule has 0 aliphatic carbocycles. The molecule has 0 saturated carbocycles. The van der Waals surface area contributed by atoms with Crippen LogP contribution < -0.4 is 0 Å². The number of benzene rings is 1. The van der Waals surface area contributed by atoms with Crippen LogP contribution in [-0.4, -0.2) is 10.8 Å². The molecule has 2 aromatic heterocycles. The van der Waals surface area contributed by atoms with Gasteiger partial charge in [-0.3, -0.25) is 4.79 Å². The number of furan rings is 1. The average molecular weight is 308 g/mol.